The molecular formula is C26H29N3O4S. The number of nitrogens with zero attached hydrogens (tertiary/aromatic N) is 2. The summed E-state index contributed by atoms with van der Waals surface area (Å²) >= 11 is 0. The number of sulfonamides is 1. The Kier molecular flexibility index (Phi) is 7.62. The molecular weight excluding hydrogens is 450 g/mol. The van der Waals surface area contributed by atoms with Crippen LogP contribution in [0.5, 0.6) is 5.75 Å². The van der Waals surface area contributed by atoms with Gasteiger partial charge in [0.1, 0.15) is 5.75 Å². The van der Waals surface area contributed by atoms with Crippen LogP contribution in [0.25, 0.3) is 0 Å². The second-order valence-corrected chi connectivity index (χ2v) is 10.2. The number of piperazine rings is 1. The smallest absolute Gasteiger partial charge is 0.255 e. The number of carbonyl (C=O) groups is 1. The summed E-state index contributed by atoms with van der Waals surface area (Å²) in [6.07, 6.45) is 0.778. The van der Waals surface area contributed by atoms with Gasteiger partial charge in [0.05, 0.1) is 11.5 Å². The van der Waals surface area contributed by atoms with E-state index in [0.717, 1.165) is 6.42 Å². The predicted molar refractivity (Wildman–Crippen MR) is 133 cm³/mol. The van der Waals surface area contributed by atoms with Crippen molar-refractivity contribution in [3.8, 4) is 5.75 Å². The molecule has 1 aliphatic rings. The third-order valence-electron chi connectivity index (χ3n) is 5.81. The van der Waals surface area contributed by atoms with Crippen LogP contribution in [0.3, 0.4) is 0 Å². The second-order valence-electron chi connectivity index (χ2n) is 8.30. The third kappa shape index (κ3) is 6.02. The van der Waals surface area contributed by atoms with Crippen LogP contribution < -0.4 is 10.1 Å². The van der Waals surface area contributed by atoms with Gasteiger partial charge in [-0.3, -0.25) is 4.79 Å². The maximum Gasteiger partial charge on any atom is 0.255 e. The molecule has 1 N–H and O–H groups in total. The van der Waals surface area contributed by atoms with E-state index in [1.807, 2.05) is 31.3 Å². The number of likely N-dealkylation sites (N-methyl/N-ethyl adjacent to an activating group) is 1. The first kappa shape index (κ1) is 23.9. The van der Waals surface area contributed by atoms with E-state index >= 15 is 0 Å². The lowest BCUT2D eigenvalue weighted by molar-refractivity contribution is 0.102. The van der Waals surface area contributed by atoms with Crippen molar-refractivity contribution in [3.63, 3.8) is 0 Å². The number of ether oxygens (including phenoxy) is 1. The molecule has 1 saturated heterocycles. The molecule has 0 radical (unpaired) electrons. The summed E-state index contributed by atoms with van der Waals surface area (Å²) in [5.41, 5.74) is 2.18. The number of nitrogens with one attached hydrogen (secondary N) is 1. The highest BCUT2D eigenvalue weighted by molar-refractivity contribution is 7.89. The molecule has 1 heterocycles. The molecule has 0 bridgehead atoms. The van der Waals surface area contributed by atoms with Gasteiger partial charge in [0.25, 0.3) is 5.91 Å². The molecule has 0 atom stereocenters. The van der Waals surface area contributed by atoms with Gasteiger partial charge in [0.2, 0.25) is 10.0 Å². The number of benzene rings is 3. The quantitative estimate of drug-likeness (QED) is 0.535. The topological polar surface area (TPSA) is 79.0 Å². The Bertz CT molecular complexity index is 1210. The molecule has 34 heavy (non-hydrogen) atoms. The fourth-order valence-electron chi connectivity index (χ4n) is 3.75. The fourth-order valence-corrected chi connectivity index (χ4v) is 5.17. The highest BCUT2D eigenvalue weighted by Gasteiger charge is 2.27. The average molecular weight is 480 g/mol. The number of anilines is 1. The van der Waals surface area contributed by atoms with Crippen LogP contribution in [0, 0.1) is 0 Å². The van der Waals surface area contributed by atoms with Crippen LogP contribution in [0.4, 0.5) is 5.69 Å². The lowest BCUT2D eigenvalue weighted by atomic mass is 10.1. The Balaban J connectivity index is 1.35. The van der Waals surface area contributed by atoms with E-state index in [0.29, 0.717) is 49.8 Å². The minimum Gasteiger partial charge on any atom is -0.493 e. The highest BCUT2D eigenvalue weighted by Crippen LogP contribution is 2.21. The lowest BCUT2D eigenvalue weighted by Gasteiger charge is -2.31. The molecule has 8 heteroatoms. The second kappa shape index (κ2) is 10.8. The first-order valence-electron chi connectivity index (χ1n) is 11.3. The van der Waals surface area contributed by atoms with Crippen LogP contribution >= 0.6 is 0 Å². The van der Waals surface area contributed by atoms with Crippen LogP contribution in [0.15, 0.2) is 83.8 Å². The molecule has 1 amide bonds. The van der Waals surface area contributed by atoms with Crippen molar-refractivity contribution in [1.82, 2.24) is 9.21 Å². The Morgan fingerprint density at radius 2 is 1.62 bits per heavy atom. The minimum atomic E-state index is -3.54. The van der Waals surface area contributed by atoms with Gasteiger partial charge in [-0.2, -0.15) is 4.31 Å². The lowest BCUT2D eigenvalue weighted by Crippen LogP contribution is -2.46. The number of rotatable bonds is 8. The normalized spacial score (nSPS) is 15.1. The van der Waals surface area contributed by atoms with E-state index < -0.39 is 10.0 Å². The van der Waals surface area contributed by atoms with E-state index in [9.17, 15) is 13.2 Å². The molecule has 1 aliphatic heterocycles. The molecule has 178 valence electrons. The van der Waals surface area contributed by atoms with Gasteiger partial charge in [0, 0.05) is 43.9 Å². The minimum absolute atomic E-state index is 0.226. The Morgan fingerprint density at radius 1 is 0.912 bits per heavy atom. The van der Waals surface area contributed by atoms with Crippen LogP contribution in [-0.2, 0) is 16.4 Å². The van der Waals surface area contributed by atoms with Crippen molar-refractivity contribution in [3.05, 3.63) is 90.0 Å². The monoisotopic (exact) mass is 479 g/mol. The van der Waals surface area contributed by atoms with Crippen molar-refractivity contribution in [2.75, 3.05) is 45.2 Å². The zero-order chi connectivity index (χ0) is 24.0. The maximum absolute atomic E-state index is 12.9. The van der Waals surface area contributed by atoms with Crippen LogP contribution in [0.1, 0.15) is 15.9 Å². The van der Waals surface area contributed by atoms with Gasteiger partial charge in [-0.05, 0) is 55.1 Å². The first-order chi connectivity index (χ1) is 16.4. The summed E-state index contributed by atoms with van der Waals surface area (Å²) in [5.74, 6) is 0.334. The summed E-state index contributed by atoms with van der Waals surface area (Å²) in [5, 5.41) is 2.82. The van der Waals surface area contributed by atoms with Gasteiger partial charge in [-0.25, -0.2) is 8.42 Å². The molecule has 0 unspecified atom stereocenters. The number of hydrogen-bond acceptors (Lipinski definition) is 5. The number of amides is 1. The van der Waals surface area contributed by atoms with E-state index in [-0.39, 0.29) is 10.8 Å². The van der Waals surface area contributed by atoms with Crippen molar-refractivity contribution in [2.45, 2.75) is 11.3 Å². The van der Waals surface area contributed by atoms with Gasteiger partial charge >= 0.3 is 0 Å². The van der Waals surface area contributed by atoms with Crippen LogP contribution in [0.2, 0.25) is 0 Å². The number of carbonyl (C=O) groups excluding carboxylic acids is 1. The molecule has 0 spiro atoms. The Labute approximate surface area is 201 Å². The Hall–Kier alpha value is -3.20. The van der Waals surface area contributed by atoms with E-state index in [4.69, 9.17) is 4.74 Å². The average Bonchev–Trinajstić information content (AvgIpc) is 2.85. The van der Waals surface area contributed by atoms with Crippen molar-refractivity contribution < 1.29 is 17.9 Å². The van der Waals surface area contributed by atoms with E-state index in [1.54, 1.807) is 30.3 Å². The standard InChI is InChI=1S/C26H29N3O4S/c1-28-15-17-29(18-16-28)34(31,32)25-12-10-23(11-13-25)27-26(30)22-8-5-9-24(20-22)33-19-14-21-6-3-2-4-7-21/h2-13,20H,14-19H2,1H3,(H,27,30). The van der Waals surface area contributed by atoms with Crippen LogP contribution in [-0.4, -0.2) is 63.4 Å². The highest BCUT2D eigenvalue weighted by atomic mass is 32.2. The van der Waals surface area contributed by atoms with Gasteiger partial charge in [-0.15, -0.1) is 0 Å². The summed E-state index contributed by atoms with van der Waals surface area (Å²) < 4.78 is 33.1. The molecule has 0 saturated carbocycles. The first-order valence-corrected chi connectivity index (χ1v) is 12.7. The largest absolute Gasteiger partial charge is 0.493 e. The SMILES string of the molecule is CN1CCN(S(=O)(=O)c2ccc(NC(=O)c3cccc(OCCc4ccccc4)c3)cc2)CC1. The van der Waals surface area contributed by atoms with E-state index in [1.165, 1.54) is 22.0 Å². The third-order valence-corrected chi connectivity index (χ3v) is 7.72. The van der Waals surface area contributed by atoms with Gasteiger partial charge < -0.3 is 15.0 Å². The molecule has 0 aliphatic carbocycles. The maximum atomic E-state index is 12.9. The van der Waals surface area contributed by atoms with Crippen molar-refractivity contribution in [1.29, 1.82) is 0 Å². The molecule has 1 fully saturated rings. The van der Waals surface area contributed by atoms with Crippen molar-refractivity contribution >= 4 is 21.6 Å². The zero-order valence-corrected chi connectivity index (χ0v) is 20.0. The molecule has 0 aromatic heterocycles. The van der Waals surface area contributed by atoms with Gasteiger partial charge in [0.15, 0.2) is 0 Å². The molecule has 3 aromatic rings. The molecule has 3 aromatic carbocycles. The predicted octanol–water partition coefficient (Wildman–Crippen LogP) is 3.50. The summed E-state index contributed by atoms with van der Waals surface area (Å²) in [4.78, 5) is 15.1. The summed E-state index contributed by atoms with van der Waals surface area (Å²) in [6, 6.07) is 23.4. The molecule has 7 nitrogen and oxygen atoms in total. The van der Waals surface area contributed by atoms with E-state index in [2.05, 4.69) is 22.3 Å². The van der Waals surface area contributed by atoms with Crippen molar-refractivity contribution in [2.24, 2.45) is 0 Å². The zero-order valence-electron chi connectivity index (χ0n) is 19.2. The molecule has 4 rings (SSSR count). The summed E-state index contributed by atoms with van der Waals surface area (Å²) in [6.45, 7) is 2.88. The fraction of sp³-hybridized carbons (Fsp3) is 0.269. The Morgan fingerprint density at radius 3 is 2.32 bits per heavy atom. The number of hydrogen-bond donors (Lipinski definition) is 1. The summed E-state index contributed by atoms with van der Waals surface area (Å²) in [7, 11) is -1.56. The van der Waals surface area contributed by atoms with Gasteiger partial charge in [-0.1, -0.05) is 36.4 Å².